The van der Waals surface area contributed by atoms with Crippen LogP contribution in [0.5, 0.6) is 0 Å². The second-order valence-corrected chi connectivity index (χ2v) is 10.3. The highest BCUT2D eigenvalue weighted by molar-refractivity contribution is 5.99. The van der Waals surface area contributed by atoms with Crippen molar-refractivity contribution in [2.75, 3.05) is 18.0 Å². The summed E-state index contributed by atoms with van der Waals surface area (Å²) in [5.41, 5.74) is -1.38. The normalized spacial score (nSPS) is 17.5. The Morgan fingerprint density at radius 2 is 1.72 bits per heavy atom. The number of nitriles is 1. The summed E-state index contributed by atoms with van der Waals surface area (Å²) in [6.45, 7) is 4.54. The monoisotopic (exact) mass is 547 g/mol. The third-order valence-electron chi connectivity index (χ3n) is 6.16. The summed E-state index contributed by atoms with van der Waals surface area (Å²) < 4.78 is 59.3. The Bertz CT molecular complexity index is 1260. The molecule has 2 aromatic rings. The lowest BCUT2D eigenvalue weighted by Crippen LogP contribution is -2.45. The molecule has 3 rings (SSSR count). The minimum absolute atomic E-state index is 0.0324. The zero-order valence-electron chi connectivity index (χ0n) is 21.8. The Balaban J connectivity index is 1.94. The number of anilines is 1. The second kappa shape index (κ2) is 11.8. The molecule has 1 aliphatic rings. The Morgan fingerprint density at radius 1 is 1.05 bits per heavy atom. The summed E-state index contributed by atoms with van der Waals surface area (Å²) in [5.74, 6) is -3.35. The molecule has 1 fully saturated rings. The van der Waals surface area contributed by atoms with Crippen molar-refractivity contribution in [3.63, 3.8) is 0 Å². The first kappa shape index (κ1) is 29.6. The van der Waals surface area contributed by atoms with Crippen LogP contribution >= 0.6 is 0 Å². The van der Waals surface area contributed by atoms with Gasteiger partial charge in [-0.05, 0) is 69.5 Å². The van der Waals surface area contributed by atoms with Crippen molar-refractivity contribution in [3.8, 4) is 6.07 Å². The highest BCUT2D eigenvalue weighted by Crippen LogP contribution is 2.30. The molecule has 0 aromatic heterocycles. The molecule has 0 saturated carbocycles. The molecule has 7 nitrogen and oxygen atoms in total. The fraction of sp³-hybridized carbons (Fsp3) is 0.429. The molecule has 11 heteroatoms. The van der Waals surface area contributed by atoms with Gasteiger partial charge >= 0.3 is 12.1 Å². The predicted octanol–water partition coefficient (Wildman–Crippen LogP) is 5.22. The van der Waals surface area contributed by atoms with Gasteiger partial charge in [0.05, 0.1) is 28.8 Å². The number of esters is 1. The van der Waals surface area contributed by atoms with E-state index in [0.29, 0.717) is 5.56 Å². The molecule has 1 atom stereocenters. The summed E-state index contributed by atoms with van der Waals surface area (Å²) in [7, 11) is 0. The van der Waals surface area contributed by atoms with Gasteiger partial charge in [-0.1, -0.05) is 12.1 Å². The third kappa shape index (κ3) is 8.02. The maximum absolute atomic E-state index is 14.9. The number of amides is 2. The molecule has 39 heavy (non-hydrogen) atoms. The number of rotatable bonds is 4. The first-order valence-corrected chi connectivity index (χ1v) is 12.3. The van der Waals surface area contributed by atoms with Crippen LogP contribution in [0, 0.1) is 23.1 Å². The number of alkyl halides is 3. The second-order valence-electron chi connectivity index (χ2n) is 10.3. The van der Waals surface area contributed by atoms with Crippen LogP contribution in [0.15, 0.2) is 42.5 Å². The lowest BCUT2D eigenvalue weighted by Gasteiger charge is -2.32. The largest absolute Gasteiger partial charge is 0.460 e. The molecule has 208 valence electrons. The van der Waals surface area contributed by atoms with Crippen LogP contribution < -0.4 is 4.90 Å². The quantitative estimate of drug-likeness (QED) is 0.387. The minimum atomic E-state index is -4.52. The van der Waals surface area contributed by atoms with Crippen LogP contribution in [0.1, 0.15) is 56.7 Å². The molecule has 0 radical (unpaired) electrons. The summed E-state index contributed by atoms with van der Waals surface area (Å²) >= 11 is 0. The highest BCUT2D eigenvalue weighted by Gasteiger charge is 2.33. The number of hydrogen-bond acceptors (Lipinski definition) is 5. The zero-order valence-corrected chi connectivity index (χ0v) is 21.8. The van der Waals surface area contributed by atoms with Crippen LogP contribution in [0.2, 0.25) is 0 Å². The van der Waals surface area contributed by atoms with Gasteiger partial charge < -0.3 is 14.5 Å². The summed E-state index contributed by atoms with van der Waals surface area (Å²) in [4.78, 5) is 41.8. The number of halogens is 4. The van der Waals surface area contributed by atoms with E-state index in [2.05, 4.69) is 0 Å². The predicted molar refractivity (Wildman–Crippen MR) is 134 cm³/mol. The number of ether oxygens (including phenoxy) is 1. The maximum Gasteiger partial charge on any atom is 0.416 e. The van der Waals surface area contributed by atoms with Crippen molar-refractivity contribution < 1.29 is 36.7 Å². The zero-order chi connectivity index (χ0) is 29.0. The van der Waals surface area contributed by atoms with Gasteiger partial charge in [-0.15, -0.1) is 0 Å². The van der Waals surface area contributed by atoms with E-state index in [4.69, 9.17) is 10.00 Å². The van der Waals surface area contributed by atoms with Crippen molar-refractivity contribution in [1.29, 1.82) is 5.26 Å². The molecule has 1 unspecified atom stereocenters. The minimum Gasteiger partial charge on any atom is -0.460 e. The summed E-state index contributed by atoms with van der Waals surface area (Å²) in [6, 6.07) is 9.63. The number of benzene rings is 2. The van der Waals surface area contributed by atoms with Gasteiger partial charge in [0.25, 0.3) is 0 Å². The molecule has 1 saturated heterocycles. The Kier molecular flexibility index (Phi) is 8.99. The SMILES string of the molecule is CC(C)(C)OC(=O)C1CCC(=O)N(c2ccc(C#N)cc2F)CC(=O)N(Cc2ccc(C(F)(F)F)cc2)CC1. The van der Waals surface area contributed by atoms with E-state index in [-0.39, 0.29) is 43.6 Å². The Morgan fingerprint density at radius 3 is 2.28 bits per heavy atom. The fourth-order valence-electron chi connectivity index (χ4n) is 4.16. The molecule has 0 N–H and O–H groups in total. The van der Waals surface area contributed by atoms with Crippen molar-refractivity contribution in [3.05, 3.63) is 65.0 Å². The maximum atomic E-state index is 14.9. The smallest absolute Gasteiger partial charge is 0.416 e. The van der Waals surface area contributed by atoms with Gasteiger partial charge in [-0.3, -0.25) is 14.4 Å². The Labute approximate surface area is 223 Å². The van der Waals surface area contributed by atoms with Crippen LogP contribution in [-0.2, 0) is 31.8 Å². The van der Waals surface area contributed by atoms with Gasteiger partial charge in [0.1, 0.15) is 18.0 Å². The summed E-state index contributed by atoms with van der Waals surface area (Å²) in [6.07, 6.45) is -4.42. The van der Waals surface area contributed by atoms with Gasteiger partial charge in [-0.25, -0.2) is 4.39 Å². The average Bonchev–Trinajstić information content (AvgIpc) is 2.84. The first-order chi connectivity index (χ1) is 18.2. The van der Waals surface area contributed by atoms with E-state index in [0.717, 1.165) is 23.1 Å². The van der Waals surface area contributed by atoms with Crippen LogP contribution in [0.25, 0.3) is 0 Å². The van der Waals surface area contributed by atoms with Crippen molar-refractivity contribution in [2.24, 2.45) is 5.92 Å². The average molecular weight is 548 g/mol. The third-order valence-corrected chi connectivity index (χ3v) is 6.16. The van der Waals surface area contributed by atoms with E-state index in [1.807, 2.05) is 0 Å². The molecule has 0 spiro atoms. The molecule has 2 amide bonds. The molecule has 1 aliphatic heterocycles. The van der Waals surface area contributed by atoms with Gasteiger partial charge in [0.2, 0.25) is 11.8 Å². The standard InChI is InChI=1S/C28H29F4N3O4/c1-27(2,3)39-26(38)20-7-11-24(36)35(23-10-6-19(15-33)14-22(23)29)17-25(37)34(13-12-20)16-18-4-8-21(9-5-18)28(30,31)32/h4-6,8-10,14,20H,7,11-13,16-17H2,1-3H3. The van der Waals surface area contributed by atoms with Crippen molar-refractivity contribution in [1.82, 2.24) is 4.90 Å². The topological polar surface area (TPSA) is 90.7 Å². The van der Waals surface area contributed by atoms with E-state index in [1.54, 1.807) is 26.8 Å². The first-order valence-electron chi connectivity index (χ1n) is 12.3. The van der Waals surface area contributed by atoms with Crippen molar-refractivity contribution >= 4 is 23.5 Å². The number of carbonyl (C=O) groups is 3. The summed E-state index contributed by atoms with van der Waals surface area (Å²) in [5, 5.41) is 9.04. The lowest BCUT2D eigenvalue weighted by molar-refractivity contribution is -0.161. The van der Waals surface area contributed by atoms with Crippen LogP contribution in [0.3, 0.4) is 0 Å². The van der Waals surface area contributed by atoms with Gasteiger partial charge in [-0.2, -0.15) is 18.4 Å². The number of hydrogen-bond donors (Lipinski definition) is 0. The molecule has 0 bridgehead atoms. The van der Waals surface area contributed by atoms with E-state index < -0.39 is 53.4 Å². The highest BCUT2D eigenvalue weighted by atomic mass is 19.4. The van der Waals surface area contributed by atoms with E-state index in [1.165, 1.54) is 29.2 Å². The Hall–Kier alpha value is -3.94. The van der Waals surface area contributed by atoms with Crippen LogP contribution in [0.4, 0.5) is 23.2 Å². The molecule has 0 aliphatic carbocycles. The van der Waals surface area contributed by atoms with E-state index >= 15 is 0 Å². The van der Waals surface area contributed by atoms with Crippen LogP contribution in [-0.4, -0.2) is 41.4 Å². The molecule has 1 heterocycles. The van der Waals surface area contributed by atoms with Crippen molar-refractivity contribution in [2.45, 2.75) is 58.4 Å². The van der Waals surface area contributed by atoms with E-state index in [9.17, 15) is 31.9 Å². The molecular formula is C28H29F4N3O4. The number of nitrogens with zero attached hydrogens (tertiary/aromatic N) is 3. The molecular weight excluding hydrogens is 518 g/mol. The fourth-order valence-corrected chi connectivity index (χ4v) is 4.16. The van der Waals surface area contributed by atoms with Gasteiger partial charge in [0.15, 0.2) is 0 Å². The van der Waals surface area contributed by atoms with Gasteiger partial charge in [0, 0.05) is 19.5 Å². The molecule has 2 aromatic carbocycles. The lowest BCUT2D eigenvalue weighted by atomic mass is 9.97. The number of carbonyl (C=O) groups excluding carboxylic acids is 3.